The number of nitrogens with zero attached hydrogens (tertiary/aromatic N) is 4. The Morgan fingerprint density at radius 1 is 1.05 bits per heavy atom. The van der Waals surface area contributed by atoms with Gasteiger partial charge < -0.3 is 0 Å². The number of tetrazole rings is 1. The molecule has 0 aliphatic carbocycles. The summed E-state index contributed by atoms with van der Waals surface area (Å²) in [7, 11) is 0. The van der Waals surface area contributed by atoms with Crippen LogP contribution in [0.4, 0.5) is 0 Å². The van der Waals surface area contributed by atoms with E-state index in [1.54, 1.807) is 4.80 Å². The third-order valence-electron chi connectivity index (χ3n) is 3.37. The van der Waals surface area contributed by atoms with Gasteiger partial charge >= 0.3 is 0 Å². The van der Waals surface area contributed by atoms with Gasteiger partial charge in [-0.25, -0.2) is 0 Å². The fourth-order valence-corrected chi connectivity index (χ4v) is 2.42. The maximum atomic E-state index is 6.15. The van der Waals surface area contributed by atoms with E-state index in [2.05, 4.69) is 34.5 Å². The molecule has 0 saturated carbocycles. The molecule has 106 valence electrons. The van der Waals surface area contributed by atoms with Crippen molar-refractivity contribution >= 4 is 11.6 Å². The first-order chi connectivity index (χ1) is 10.2. The predicted molar refractivity (Wildman–Crippen MR) is 83.1 cm³/mol. The van der Waals surface area contributed by atoms with Gasteiger partial charge in [-0.15, -0.1) is 10.2 Å². The molecule has 1 heterocycles. The van der Waals surface area contributed by atoms with Gasteiger partial charge in [0.1, 0.15) is 0 Å². The van der Waals surface area contributed by atoms with Crippen LogP contribution >= 0.6 is 11.6 Å². The summed E-state index contributed by atoms with van der Waals surface area (Å²) in [6.45, 7) is 2.83. The normalized spacial score (nSPS) is 12.3. The second kappa shape index (κ2) is 6.06. The van der Waals surface area contributed by atoms with E-state index in [4.69, 9.17) is 11.6 Å². The van der Waals surface area contributed by atoms with E-state index in [0.29, 0.717) is 23.3 Å². The Labute approximate surface area is 128 Å². The van der Waals surface area contributed by atoms with Crippen molar-refractivity contribution in [2.24, 2.45) is 0 Å². The fourth-order valence-electron chi connectivity index (χ4n) is 2.20. The number of aromatic nitrogens is 4. The van der Waals surface area contributed by atoms with Gasteiger partial charge in [0.15, 0.2) is 0 Å². The number of halogens is 1. The van der Waals surface area contributed by atoms with E-state index in [1.165, 1.54) is 5.56 Å². The standard InChI is InChI=1S/C16H15ClN4/c1-12(13-7-3-2-4-8-13)11-21-19-16(18-20-21)14-9-5-6-10-15(14)17/h2-10,12H,11H2,1H3. The average Bonchev–Trinajstić information content (AvgIpc) is 2.97. The first-order valence-corrected chi connectivity index (χ1v) is 7.19. The van der Waals surface area contributed by atoms with Gasteiger partial charge in [-0.2, -0.15) is 4.80 Å². The van der Waals surface area contributed by atoms with Crippen LogP contribution in [0.5, 0.6) is 0 Å². The summed E-state index contributed by atoms with van der Waals surface area (Å²) in [5.41, 5.74) is 2.06. The van der Waals surface area contributed by atoms with E-state index < -0.39 is 0 Å². The monoisotopic (exact) mass is 298 g/mol. The molecule has 21 heavy (non-hydrogen) atoms. The molecule has 0 aliphatic heterocycles. The Hall–Kier alpha value is -2.20. The van der Waals surface area contributed by atoms with Crippen LogP contribution in [0.25, 0.3) is 11.4 Å². The summed E-state index contributed by atoms with van der Waals surface area (Å²) in [6.07, 6.45) is 0. The molecule has 0 radical (unpaired) electrons. The first kappa shape index (κ1) is 13.8. The van der Waals surface area contributed by atoms with Gasteiger partial charge in [-0.05, 0) is 22.9 Å². The van der Waals surface area contributed by atoms with E-state index in [9.17, 15) is 0 Å². The van der Waals surface area contributed by atoms with E-state index >= 15 is 0 Å². The first-order valence-electron chi connectivity index (χ1n) is 6.81. The SMILES string of the molecule is CC(Cn1nnc(-c2ccccc2Cl)n1)c1ccccc1. The summed E-state index contributed by atoms with van der Waals surface area (Å²) in [5.74, 6) is 0.875. The van der Waals surface area contributed by atoms with Crippen molar-refractivity contribution in [2.75, 3.05) is 0 Å². The van der Waals surface area contributed by atoms with Crippen molar-refractivity contribution in [3.8, 4) is 11.4 Å². The Morgan fingerprint density at radius 2 is 1.76 bits per heavy atom. The molecule has 0 saturated heterocycles. The molecule has 0 N–H and O–H groups in total. The lowest BCUT2D eigenvalue weighted by Gasteiger charge is -2.09. The summed E-state index contributed by atoms with van der Waals surface area (Å²) in [6, 6.07) is 17.8. The highest BCUT2D eigenvalue weighted by Crippen LogP contribution is 2.24. The minimum Gasteiger partial charge on any atom is -0.163 e. The van der Waals surface area contributed by atoms with Gasteiger partial charge in [0.05, 0.1) is 11.6 Å². The minimum absolute atomic E-state index is 0.319. The molecule has 0 amide bonds. The van der Waals surface area contributed by atoms with Crippen molar-refractivity contribution in [3.63, 3.8) is 0 Å². The fraction of sp³-hybridized carbons (Fsp3) is 0.188. The van der Waals surface area contributed by atoms with Gasteiger partial charge in [0, 0.05) is 11.5 Å². The molecule has 2 aromatic carbocycles. The van der Waals surface area contributed by atoms with Gasteiger partial charge in [-0.3, -0.25) is 0 Å². The zero-order valence-corrected chi connectivity index (χ0v) is 12.4. The van der Waals surface area contributed by atoms with Crippen molar-refractivity contribution in [3.05, 3.63) is 65.2 Å². The zero-order valence-electron chi connectivity index (χ0n) is 11.6. The molecule has 1 aromatic heterocycles. The highest BCUT2D eigenvalue weighted by atomic mass is 35.5. The van der Waals surface area contributed by atoms with Gasteiger partial charge in [-0.1, -0.05) is 61.0 Å². The molecule has 1 atom stereocenters. The highest BCUT2D eigenvalue weighted by Gasteiger charge is 2.12. The molecule has 4 nitrogen and oxygen atoms in total. The van der Waals surface area contributed by atoms with Crippen molar-refractivity contribution in [1.82, 2.24) is 20.2 Å². The molecular formula is C16H15ClN4. The van der Waals surface area contributed by atoms with Crippen LogP contribution in [0.3, 0.4) is 0 Å². The summed E-state index contributed by atoms with van der Waals surface area (Å²) in [4.78, 5) is 1.62. The second-order valence-corrected chi connectivity index (χ2v) is 5.37. The number of rotatable bonds is 4. The van der Waals surface area contributed by atoms with Crippen LogP contribution in [-0.2, 0) is 6.54 Å². The van der Waals surface area contributed by atoms with Gasteiger partial charge in [0.2, 0.25) is 5.82 Å². The molecule has 3 aromatic rings. The van der Waals surface area contributed by atoms with Crippen molar-refractivity contribution in [1.29, 1.82) is 0 Å². The topological polar surface area (TPSA) is 43.6 Å². The number of hydrogen-bond donors (Lipinski definition) is 0. The molecule has 3 rings (SSSR count). The Balaban J connectivity index is 1.78. The Kier molecular flexibility index (Phi) is 3.97. The quantitative estimate of drug-likeness (QED) is 0.736. The summed E-state index contributed by atoms with van der Waals surface area (Å²) in [5, 5.41) is 13.3. The van der Waals surface area contributed by atoms with Crippen LogP contribution in [0.2, 0.25) is 5.02 Å². The molecule has 0 aliphatic rings. The van der Waals surface area contributed by atoms with Crippen molar-refractivity contribution < 1.29 is 0 Å². The van der Waals surface area contributed by atoms with E-state index in [0.717, 1.165) is 5.56 Å². The molecule has 1 unspecified atom stereocenters. The Bertz CT molecular complexity index is 724. The third kappa shape index (κ3) is 3.11. The second-order valence-electron chi connectivity index (χ2n) is 4.96. The number of hydrogen-bond acceptors (Lipinski definition) is 3. The summed E-state index contributed by atoms with van der Waals surface area (Å²) < 4.78 is 0. The van der Waals surface area contributed by atoms with Gasteiger partial charge in [0.25, 0.3) is 0 Å². The largest absolute Gasteiger partial charge is 0.206 e. The minimum atomic E-state index is 0.319. The van der Waals surface area contributed by atoms with Crippen LogP contribution in [0, 0.1) is 0 Å². The van der Waals surface area contributed by atoms with Crippen LogP contribution in [-0.4, -0.2) is 20.2 Å². The maximum Gasteiger partial charge on any atom is 0.206 e. The summed E-state index contributed by atoms with van der Waals surface area (Å²) >= 11 is 6.15. The molecular weight excluding hydrogens is 284 g/mol. The zero-order chi connectivity index (χ0) is 14.7. The molecule has 0 fully saturated rings. The highest BCUT2D eigenvalue weighted by molar-refractivity contribution is 6.33. The average molecular weight is 299 g/mol. The van der Waals surface area contributed by atoms with Crippen LogP contribution < -0.4 is 0 Å². The van der Waals surface area contributed by atoms with E-state index in [-0.39, 0.29) is 0 Å². The van der Waals surface area contributed by atoms with Crippen LogP contribution in [0.1, 0.15) is 18.4 Å². The lowest BCUT2D eigenvalue weighted by atomic mass is 10.0. The maximum absolute atomic E-state index is 6.15. The lowest BCUT2D eigenvalue weighted by Crippen LogP contribution is -2.09. The smallest absolute Gasteiger partial charge is 0.163 e. The molecule has 5 heteroatoms. The molecule has 0 spiro atoms. The predicted octanol–water partition coefficient (Wildman–Crippen LogP) is 3.80. The van der Waals surface area contributed by atoms with Crippen molar-refractivity contribution in [2.45, 2.75) is 19.4 Å². The lowest BCUT2D eigenvalue weighted by molar-refractivity contribution is 0.474. The Morgan fingerprint density at radius 3 is 2.52 bits per heavy atom. The molecule has 0 bridgehead atoms. The third-order valence-corrected chi connectivity index (χ3v) is 3.70. The number of benzene rings is 2. The van der Waals surface area contributed by atoms with Crippen LogP contribution in [0.15, 0.2) is 54.6 Å². The van der Waals surface area contributed by atoms with E-state index in [1.807, 2.05) is 42.5 Å².